The molecule has 0 aromatic heterocycles. The molecule has 0 amide bonds. The number of nitrogens with one attached hydrogen (secondary N) is 1. The van der Waals surface area contributed by atoms with Crippen molar-refractivity contribution in [1.82, 2.24) is 5.32 Å². The Labute approximate surface area is 116 Å². The standard InChI is InChI=1S/C15H24ClNO/c1-4-14(17-5-2)8-6-7-12-11-13(16)9-10-15(12)18-3/h9-11,14,17H,4-8H2,1-3H3. The third-order valence-electron chi connectivity index (χ3n) is 3.23. The fourth-order valence-corrected chi connectivity index (χ4v) is 2.42. The molecule has 0 spiro atoms. The molecule has 0 saturated carbocycles. The first-order valence-electron chi connectivity index (χ1n) is 6.77. The third-order valence-corrected chi connectivity index (χ3v) is 3.46. The summed E-state index contributed by atoms with van der Waals surface area (Å²) in [6.07, 6.45) is 4.55. The van der Waals surface area contributed by atoms with Gasteiger partial charge in [-0.2, -0.15) is 0 Å². The van der Waals surface area contributed by atoms with Crippen molar-refractivity contribution in [3.05, 3.63) is 28.8 Å². The van der Waals surface area contributed by atoms with Crippen LogP contribution in [0.15, 0.2) is 18.2 Å². The highest BCUT2D eigenvalue weighted by Gasteiger charge is 2.07. The van der Waals surface area contributed by atoms with Gasteiger partial charge in [0.25, 0.3) is 0 Å². The second-order valence-corrected chi connectivity index (χ2v) is 4.95. The van der Waals surface area contributed by atoms with Gasteiger partial charge in [-0.15, -0.1) is 0 Å². The van der Waals surface area contributed by atoms with Crippen molar-refractivity contribution in [2.75, 3.05) is 13.7 Å². The van der Waals surface area contributed by atoms with Gasteiger partial charge in [0.15, 0.2) is 0 Å². The van der Waals surface area contributed by atoms with Crippen molar-refractivity contribution in [1.29, 1.82) is 0 Å². The number of ether oxygens (including phenoxy) is 1. The van der Waals surface area contributed by atoms with Gasteiger partial charge in [0, 0.05) is 11.1 Å². The second kappa shape index (κ2) is 8.39. The topological polar surface area (TPSA) is 21.3 Å². The van der Waals surface area contributed by atoms with Gasteiger partial charge in [-0.05, 0) is 56.0 Å². The van der Waals surface area contributed by atoms with Crippen LogP contribution in [0.5, 0.6) is 5.75 Å². The highest BCUT2D eigenvalue weighted by Crippen LogP contribution is 2.24. The van der Waals surface area contributed by atoms with Crippen molar-refractivity contribution in [3.63, 3.8) is 0 Å². The molecular formula is C15H24ClNO. The Morgan fingerprint density at radius 2 is 2.11 bits per heavy atom. The summed E-state index contributed by atoms with van der Waals surface area (Å²) in [5.74, 6) is 0.941. The number of halogens is 1. The largest absolute Gasteiger partial charge is 0.496 e. The zero-order valence-electron chi connectivity index (χ0n) is 11.6. The Bertz CT molecular complexity index is 354. The minimum atomic E-state index is 0.625. The number of methoxy groups -OCH3 is 1. The number of benzene rings is 1. The zero-order valence-corrected chi connectivity index (χ0v) is 12.4. The van der Waals surface area contributed by atoms with Crippen LogP contribution >= 0.6 is 11.6 Å². The Kier molecular flexibility index (Phi) is 7.14. The van der Waals surface area contributed by atoms with Gasteiger partial charge < -0.3 is 10.1 Å². The van der Waals surface area contributed by atoms with Crippen LogP contribution < -0.4 is 10.1 Å². The minimum Gasteiger partial charge on any atom is -0.496 e. The molecule has 1 unspecified atom stereocenters. The van der Waals surface area contributed by atoms with E-state index in [0.29, 0.717) is 6.04 Å². The summed E-state index contributed by atoms with van der Waals surface area (Å²) >= 11 is 6.02. The van der Waals surface area contributed by atoms with E-state index in [9.17, 15) is 0 Å². The van der Waals surface area contributed by atoms with Crippen molar-refractivity contribution in [3.8, 4) is 5.75 Å². The minimum absolute atomic E-state index is 0.625. The molecule has 0 aliphatic rings. The molecule has 0 radical (unpaired) electrons. The van der Waals surface area contributed by atoms with Crippen molar-refractivity contribution < 1.29 is 4.74 Å². The molecule has 3 heteroatoms. The van der Waals surface area contributed by atoms with Crippen LogP contribution in [0.25, 0.3) is 0 Å². The summed E-state index contributed by atoms with van der Waals surface area (Å²) in [4.78, 5) is 0. The van der Waals surface area contributed by atoms with Crippen molar-refractivity contribution in [2.45, 2.75) is 45.6 Å². The summed E-state index contributed by atoms with van der Waals surface area (Å²) in [7, 11) is 1.71. The Morgan fingerprint density at radius 3 is 2.72 bits per heavy atom. The molecule has 18 heavy (non-hydrogen) atoms. The SMILES string of the molecule is CCNC(CC)CCCc1cc(Cl)ccc1OC. The summed E-state index contributed by atoms with van der Waals surface area (Å²) in [6, 6.07) is 6.45. The first-order valence-corrected chi connectivity index (χ1v) is 7.14. The molecule has 1 aromatic carbocycles. The second-order valence-electron chi connectivity index (χ2n) is 4.51. The highest BCUT2D eigenvalue weighted by molar-refractivity contribution is 6.30. The Hall–Kier alpha value is -0.730. The van der Waals surface area contributed by atoms with Gasteiger partial charge in [-0.25, -0.2) is 0 Å². The number of hydrogen-bond acceptors (Lipinski definition) is 2. The first-order chi connectivity index (χ1) is 8.71. The molecule has 0 aliphatic carbocycles. The lowest BCUT2D eigenvalue weighted by Gasteiger charge is -2.16. The van der Waals surface area contributed by atoms with Gasteiger partial charge in [0.2, 0.25) is 0 Å². The first kappa shape index (κ1) is 15.3. The van der Waals surface area contributed by atoms with Gasteiger partial charge in [-0.3, -0.25) is 0 Å². The predicted molar refractivity (Wildman–Crippen MR) is 78.7 cm³/mol. The molecule has 1 rings (SSSR count). The average Bonchev–Trinajstić information content (AvgIpc) is 2.38. The van der Waals surface area contributed by atoms with Crippen LogP contribution in [0.4, 0.5) is 0 Å². The van der Waals surface area contributed by atoms with E-state index in [4.69, 9.17) is 16.3 Å². The van der Waals surface area contributed by atoms with E-state index < -0.39 is 0 Å². The van der Waals surface area contributed by atoms with E-state index in [2.05, 4.69) is 19.2 Å². The number of aryl methyl sites for hydroxylation is 1. The van der Waals surface area contributed by atoms with Crippen LogP contribution in [0.3, 0.4) is 0 Å². The number of hydrogen-bond donors (Lipinski definition) is 1. The van der Waals surface area contributed by atoms with E-state index >= 15 is 0 Å². The maximum absolute atomic E-state index is 6.02. The van der Waals surface area contributed by atoms with Crippen LogP contribution in [0, 0.1) is 0 Å². The van der Waals surface area contributed by atoms with Crippen molar-refractivity contribution >= 4 is 11.6 Å². The van der Waals surface area contributed by atoms with Crippen LogP contribution in [-0.4, -0.2) is 19.7 Å². The molecular weight excluding hydrogens is 246 g/mol. The molecule has 1 aromatic rings. The molecule has 1 N–H and O–H groups in total. The third kappa shape index (κ3) is 4.87. The van der Waals surface area contributed by atoms with E-state index in [-0.39, 0.29) is 0 Å². The van der Waals surface area contributed by atoms with Crippen LogP contribution in [0.2, 0.25) is 5.02 Å². The lowest BCUT2D eigenvalue weighted by Crippen LogP contribution is -2.28. The smallest absolute Gasteiger partial charge is 0.122 e. The molecule has 2 nitrogen and oxygen atoms in total. The quantitative estimate of drug-likeness (QED) is 0.768. The van der Waals surface area contributed by atoms with E-state index in [1.807, 2.05) is 18.2 Å². The van der Waals surface area contributed by atoms with Crippen LogP contribution in [0.1, 0.15) is 38.7 Å². The molecule has 0 aliphatic heterocycles. The molecule has 102 valence electrons. The van der Waals surface area contributed by atoms with Gasteiger partial charge in [-0.1, -0.05) is 25.4 Å². The lowest BCUT2D eigenvalue weighted by atomic mass is 10.0. The lowest BCUT2D eigenvalue weighted by molar-refractivity contribution is 0.407. The molecule has 0 heterocycles. The Balaban J connectivity index is 2.49. The predicted octanol–water partition coefficient (Wildman–Crippen LogP) is 4.06. The van der Waals surface area contributed by atoms with Gasteiger partial charge in [0.05, 0.1) is 7.11 Å². The molecule has 1 atom stereocenters. The van der Waals surface area contributed by atoms with E-state index in [1.165, 1.54) is 18.4 Å². The molecule has 0 bridgehead atoms. The van der Waals surface area contributed by atoms with E-state index in [0.717, 1.165) is 30.2 Å². The van der Waals surface area contributed by atoms with E-state index in [1.54, 1.807) is 7.11 Å². The summed E-state index contributed by atoms with van der Waals surface area (Å²) in [6.45, 7) is 5.43. The summed E-state index contributed by atoms with van der Waals surface area (Å²) in [5.41, 5.74) is 1.20. The highest BCUT2D eigenvalue weighted by atomic mass is 35.5. The summed E-state index contributed by atoms with van der Waals surface area (Å²) in [5, 5.41) is 4.28. The maximum Gasteiger partial charge on any atom is 0.122 e. The monoisotopic (exact) mass is 269 g/mol. The van der Waals surface area contributed by atoms with Crippen molar-refractivity contribution in [2.24, 2.45) is 0 Å². The fourth-order valence-electron chi connectivity index (χ4n) is 2.22. The normalized spacial score (nSPS) is 12.4. The zero-order chi connectivity index (χ0) is 13.4. The summed E-state index contributed by atoms with van der Waals surface area (Å²) < 4.78 is 5.36. The van der Waals surface area contributed by atoms with Gasteiger partial charge >= 0.3 is 0 Å². The molecule has 0 fully saturated rings. The molecule has 0 saturated heterocycles. The fraction of sp³-hybridized carbons (Fsp3) is 0.600. The number of rotatable bonds is 8. The average molecular weight is 270 g/mol. The van der Waals surface area contributed by atoms with Gasteiger partial charge in [0.1, 0.15) is 5.75 Å². The van der Waals surface area contributed by atoms with Crippen LogP contribution in [-0.2, 0) is 6.42 Å². The Morgan fingerprint density at radius 1 is 1.33 bits per heavy atom. The maximum atomic E-state index is 6.02.